The highest BCUT2D eigenvalue weighted by Crippen LogP contribution is 2.37. The molecule has 1 unspecified atom stereocenters. The van der Waals surface area contributed by atoms with Crippen LogP contribution in [0.1, 0.15) is 38.4 Å². The van der Waals surface area contributed by atoms with Gasteiger partial charge in [0.15, 0.2) is 11.5 Å². The van der Waals surface area contributed by atoms with E-state index in [2.05, 4.69) is 10.3 Å². The van der Waals surface area contributed by atoms with Crippen LogP contribution in [0.5, 0.6) is 17.2 Å². The molecule has 4 aromatic rings. The molecular weight excluding hydrogens is 462 g/mol. The largest absolute Gasteiger partial charge is 0.487 e. The summed E-state index contributed by atoms with van der Waals surface area (Å²) in [6, 6.07) is 21.2. The number of hydrogen-bond donors (Lipinski definition) is 1. The smallest absolute Gasteiger partial charge is 0.258 e. The van der Waals surface area contributed by atoms with Crippen molar-refractivity contribution >= 4 is 22.9 Å². The molecule has 0 saturated heterocycles. The Morgan fingerprint density at radius 2 is 1.91 bits per heavy atom. The van der Waals surface area contributed by atoms with Gasteiger partial charge in [0.2, 0.25) is 6.79 Å². The molecule has 0 saturated carbocycles. The fourth-order valence-electron chi connectivity index (χ4n) is 4.33. The fraction of sp³-hybridized carbons (Fsp3) is 0.185. The van der Waals surface area contributed by atoms with E-state index < -0.39 is 0 Å². The molecule has 3 heterocycles. The molecule has 1 atom stereocenters. The van der Waals surface area contributed by atoms with Gasteiger partial charge in [-0.15, -0.1) is 11.3 Å². The first-order chi connectivity index (χ1) is 17.1. The number of benzene rings is 3. The van der Waals surface area contributed by atoms with Gasteiger partial charge in [-0.1, -0.05) is 30.3 Å². The van der Waals surface area contributed by atoms with Crippen molar-refractivity contribution in [1.29, 1.82) is 0 Å². The van der Waals surface area contributed by atoms with Gasteiger partial charge in [0, 0.05) is 17.6 Å². The van der Waals surface area contributed by atoms with Crippen LogP contribution in [0.4, 0.5) is 5.69 Å². The third-order valence-electron chi connectivity index (χ3n) is 6.06. The number of aryl methyl sites for hydroxylation is 1. The van der Waals surface area contributed by atoms with Crippen molar-refractivity contribution in [2.75, 3.05) is 12.1 Å². The molecule has 176 valence electrons. The Kier molecular flexibility index (Phi) is 5.50. The van der Waals surface area contributed by atoms with Crippen LogP contribution >= 0.6 is 11.3 Å². The van der Waals surface area contributed by atoms with Crippen molar-refractivity contribution < 1.29 is 19.0 Å². The van der Waals surface area contributed by atoms with Gasteiger partial charge in [-0.3, -0.25) is 4.79 Å². The van der Waals surface area contributed by atoms with Crippen molar-refractivity contribution in [3.05, 3.63) is 99.5 Å². The lowest BCUT2D eigenvalue weighted by atomic mass is 10.0. The van der Waals surface area contributed by atoms with Crippen LogP contribution in [-0.2, 0) is 13.2 Å². The fourth-order valence-corrected chi connectivity index (χ4v) is 4.93. The number of ether oxygens (including phenoxy) is 3. The second-order valence-corrected chi connectivity index (χ2v) is 9.49. The first kappa shape index (κ1) is 21.5. The SMILES string of the molecule is Cc1nc(COc2ccc(C3Nc4ccccc4C(=O)N3Cc3ccc4c(c3)OCO4)cc2)cs1. The molecule has 0 aliphatic carbocycles. The number of rotatable bonds is 6. The number of hydrogen-bond acceptors (Lipinski definition) is 7. The number of thiazole rings is 1. The van der Waals surface area contributed by atoms with Gasteiger partial charge in [0.25, 0.3) is 5.91 Å². The zero-order valence-corrected chi connectivity index (χ0v) is 19.9. The molecule has 7 nitrogen and oxygen atoms in total. The van der Waals surface area contributed by atoms with Gasteiger partial charge in [0.1, 0.15) is 18.5 Å². The number of anilines is 1. The van der Waals surface area contributed by atoms with E-state index in [1.54, 1.807) is 11.3 Å². The molecule has 0 fully saturated rings. The van der Waals surface area contributed by atoms with E-state index in [0.29, 0.717) is 24.5 Å². The molecule has 3 aromatic carbocycles. The van der Waals surface area contributed by atoms with Crippen LogP contribution in [0.3, 0.4) is 0 Å². The third kappa shape index (κ3) is 4.28. The maximum Gasteiger partial charge on any atom is 0.258 e. The van der Waals surface area contributed by atoms with Crippen LogP contribution in [-0.4, -0.2) is 22.6 Å². The molecule has 8 heteroatoms. The van der Waals surface area contributed by atoms with E-state index in [0.717, 1.165) is 39.0 Å². The monoisotopic (exact) mass is 485 g/mol. The van der Waals surface area contributed by atoms with E-state index in [1.807, 2.05) is 83.9 Å². The highest BCUT2D eigenvalue weighted by atomic mass is 32.1. The zero-order chi connectivity index (χ0) is 23.8. The number of nitrogens with zero attached hydrogens (tertiary/aromatic N) is 2. The molecule has 0 radical (unpaired) electrons. The van der Waals surface area contributed by atoms with Crippen molar-refractivity contribution in [3.63, 3.8) is 0 Å². The lowest BCUT2D eigenvalue weighted by Gasteiger charge is -2.38. The predicted molar refractivity (Wildman–Crippen MR) is 133 cm³/mol. The number of amides is 1. The van der Waals surface area contributed by atoms with Crippen molar-refractivity contribution in [2.45, 2.75) is 26.2 Å². The summed E-state index contributed by atoms with van der Waals surface area (Å²) >= 11 is 1.61. The topological polar surface area (TPSA) is 72.9 Å². The highest BCUT2D eigenvalue weighted by Gasteiger charge is 2.33. The van der Waals surface area contributed by atoms with Crippen LogP contribution in [0, 0.1) is 6.92 Å². The summed E-state index contributed by atoms with van der Waals surface area (Å²) < 4.78 is 16.9. The standard InChI is InChI=1S/C27H23N3O4S/c1-17-28-20(15-35-17)14-32-21-9-7-19(8-10-21)26-29-23-5-3-2-4-22(23)27(31)30(26)13-18-6-11-24-25(12-18)34-16-33-24/h2-12,15,26,29H,13-14,16H2,1H3. The summed E-state index contributed by atoms with van der Waals surface area (Å²) in [5.41, 5.74) is 4.33. The lowest BCUT2D eigenvalue weighted by Crippen LogP contribution is -2.42. The number of carbonyl (C=O) groups excluding carboxylic acids is 1. The number of aromatic nitrogens is 1. The number of nitrogens with one attached hydrogen (secondary N) is 1. The Balaban J connectivity index is 1.26. The Hall–Kier alpha value is -4.04. The molecule has 1 amide bonds. The summed E-state index contributed by atoms with van der Waals surface area (Å²) in [5, 5.41) is 6.58. The van der Waals surface area contributed by atoms with Crippen molar-refractivity contribution in [1.82, 2.24) is 9.88 Å². The normalized spacial score (nSPS) is 16.1. The van der Waals surface area contributed by atoms with Gasteiger partial charge in [0.05, 0.1) is 16.3 Å². The molecule has 1 N–H and O–H groups in total. The number of carbonyl (C=O) groups is 1. The minimum Gasteiger partial charge on any atom is -0.487 e. The van der Waals surface area contributed by atoms with Gasteiger partial charge in [-0.25, -0.2) is 4.98 Å². The number of para-hydroxylation sites is 1. The van der Waals surface area contributed by atoms with E-state index in [-0.39, 0.29) is 18.9 Å². The second kappa shape index (κ2) is 8.96. The molecule has 1 aromatic heterocycles. The molecule has 35 heavy (non-hydrogen) atoms. The van der Waals surface area contributed by atoms with E-state index >= 15 is 0 Å². The van der Waals surface area contributed by atoms with Gasteiger partial charge in [-0.2, -0.15) is 0 Å². The first-order valence-electron chi connectivity index (χ1n) is 11.3. The summed E-state index contributed by atoms with van der Waals surface area (Å²) in [5.74, 6) is 2.15. The highest BCUT2D eigenvalue weighted by molar-refractivity contribution is 7.09. The Morgan fingerprint density at radius 3 is 2.74 bits per heavy atom. The predicted octanol–water partition coefficient (Wildman–Crippen LogP) is 5.53. The van der Waals surface area contributed by atoms with E-state index in [4.69, 9.17) is 14.2 Å². The van der Waals surface area contributed by atoms with Crippen LogP contribution in [0.25, 0.3) is 0 Å². The Morgan fingerprint density at radius 1 is 1.09 bits per heavy atom. The number of fused-ring (bicyclic) bond motifs is 2. The average Bonchev–Trinajstić information content (AvgIpc) is 3.53. The summed E-state index contributed by atoms with van der Waals surface area (Å²) in [4.78, 5) is 19.8. The minimum atomic E-state index is -0.335. The Labute approximate surface area is 206 Å². The van der Waals surface area contributed by atoms with Gasteiger partial charge < -0.3 is 24.4 Å². The maximum absolute atomic E-state index is 13.6. The molecule has 0 spiro atoms. The van der Waals surface area contributed by atoms with Crippen LogP contribution in [0.15, 0.2) is 72.1 Å². The minimum absolute atomic E-state index is 0.0266. The second-order valence-electron chi connectivity index (χ2n) is 8.43. The van der Waals surface area contributed by atoms with Crippen LogP contribution < -0.4 is 19.5 Å². The molecule has 2 aliphatic rings. The summed E-state index contributed by atoms with van der Waals surface area (Å²) in [6.45, 7) is 3.04. The lowest BCUT2D eigenvalue weighted by molar-refractivity contribution is 0.0666. The van der Waals surface area contributed by atoms with Gasteiger partial charge in [-0.05, 0) is 54.4 Å². The van der Waals surface area contributed by atoms with E-state index in [1.165, 1.54) is 0 Å². The first-order valence-corrected chi connectivity index (χ1v) is 12.2. The summed E-state index contributed by atoms with van der Waals surface area (Å²) in [6.07, 6.45) is -0.335. The molecule has 6 rings (SSSR count). The molecular formula is C27H23N3O4S. The maximum atomic E-state index is 13.6. The van der Waals surface area contributed by atoms with Crippen molar-refractivity contribution in [3.8, 4) is 17.2 Å². The summed E-state index contributed by atoms with van der Waals surface area (Å²) in [7, 11) is 0. The van der Waals surface area contributed by atoms with Crippen molar-refractivity contribution in [2.24, 2.45) is 0 Å². The quantitative estimate of drug-likeness (QED) is 0.387. The average molecular weight is 486 g/mol. The van der Waals surface area contributed by atoms with E-state index in [9.17, 15) is 4.79 Å². The zero-order valence-electron chi connectivity index (χ0n) is 19.1. The molecule has 2 aliphatic heterocycles. The Bertz CT molecular complexity index is 1390. The third-order valence-corrected chi connectivity index (χ3v) is 6.88. The van der Waals surface area contributed by atoms with Gasteiger partial charge >= 0.3 is 0 Å². The molecule has 0 bridgehead atoms. The van der Waals surface area contributed by atoms with Crippen LogP contribution in [0.2, 0.25) is 0 Å².